The van der Waals surface area contributed by atoms with Crippen molar-refractivity contribution in [3.63, 3.8) is 0 Å². The molecule has 0 atom stereocenters. The molecule has 0 aliphatic carbocycles. The van der Waals surface area contributed by atoms with Crippen LogP contribution in [0.15, 0.2) is 53.7 Å². The Kier molecular flexibility index (Phi) is 5.63. The lowest BCUT2D eigenvalue weighted by Gasteiger charge is -2.10. The number of anilines is 4. The van der Waals surface area contributed by atoms with Crippen LogP contribution in [-0.2, 0) is 9.84 Å². The van der Waals surface area contributed by atoms with Gasteiger partial charge in [-0.15, -0.1) is 0 Å². The summed E-state index contributed by atoms with van der Waals surface area (Å²) in [6, 6.07) is 12.8. The van der Waals surface area contributed by atoms with E-state index in [-0.39, 0.29) is 0 Å². The van der Waals surface area contributed by atoms with E-state index in [9.17, 15) is 8.42 Å². The predicted octanol–water partition coefficient (Wildman–Crippen LogP) is 5.37. The van der Waals surface area contributed by atoms with Crippen LogP contribution in [0.25, 0.3) is 10.3 Å². The number of sulfone groups is 1. The van der Waals surface area contributed by atoms with Crippen molar-refractivity contribution in [2.45, 2.75) is 37.8 Å². The molecule has 0 amide bonds. The summed E-state index contributed by atoms with van der Waals surface area (Å²) in [7, 11) is -3.31. The van der Waals surface area contributed by atoms with Crippen molar-refractivity contribution >= 4 is 53.8 Å². The zero-order valence-electron chi connectivity index (χ0n) is 17.7. The monoisotopic (exact) mass is 453 g/mol. The van der Waals surface area contributed by atoms with Gasteiger partial charge in [0.1, 0.15) is 11.8 Å². The molecule has 31 heavy (non-hydrogen) atoms. The van der Waals surface area contributed by atoms with Crippen LogP contribution >= 0.6 is 11.3 Å². The summed E-state index contributed by atoms with van der Waals surface area (Å²) in [5.74, 6) is 0.565. The van der Waals surface area contributed by atoms with E-state index in [0.717, 1.165) is 32.5 Å². The number of nitrogens with zero attached hydrogens (tertiary/aromatic N) is 3. The first-order valence-electron chi connectivity index (χ1n) is 9.81. The highest BCUT2D eigenvalue weighted by Gasteiger charge is 2.19. The van der Waals surface area contributed by atoms with Gasteiger partial charge < -0.3 is 10.6 Å². The zero-order valence-corrected chi connectivity index (χ0v) is 19.3. The number of hydrogen-bond acceptors (Lipinski definition) is 8. The minimum absolute atomic E-state index is 0.301. The molecule has 0 aliphatic rings. The molecular weight excluding hydrogens is 430 g/mol. The average molecular weight is 454 g/mol. The fraction of sp³-hybridized carbons (Fsp3) is 0.227. The molecule has 9 heteroatoms. The Morgan fingerprint density at radius 3 is 2.26 bits per heavy atom. The van der Waals surface area contributed by atoms with Gasteiger partial charge in [0.25, 0.3) is 0 Å². The summed E-state index contributed by atoms with van der Waals surface area (Å²) >= 11 is 1.45. The number of thiazole rings is 1. The van der Waals surface area contributed by atoms with E-state index in [1.165, 1.54) is 17.7 Å². The van der Waals surface area contributed by atoms with E-state index in [1.54, 1.807) is 38.1 Å². The van der Waals surface area contributed by atoms with E-state index in [4.69, 9.17) is 4.98 Å². The zero-order chi connectivity index (χ0) is 22.2. The molecule has 0 saturated carbocycles. The molecule has 2 N–H and O–H groups in total. The van der Waals surface area contributed by atoms with Gasteiger partial charge in [0.15, 0.2) is 25.6 Å². The van der Waals surface area contributed by atoms with Crippen molar-refractivity contribution in [1.82, 2.24) is 15.0 Å². The van der Waals surface area contributed by atoms with E-state index in [0.29, 0.717) is 16.2 Å². The number of benzene rings is 2. The molecule has 0 unspecified atom stereocenters. The number of aromatic nitrogens is 3. The third-order valence-electron chi connectivity index (χ3n) is 4.97. The molecule has 0 fully saturated rings. The molecule has 2 heterocycles. The van der Waals surface area contributed by atoms with Crippen molar-refractivity contribution in [3.8, 4) is 0 Å². The van der Waals surface area contributed by atoms with Gasteiger partial charge in [0.05, 0.1) is 10.1 Å². The molecular formula is C22H23N5O2S2. The largest absolute Gasteiger partial charge is 0.338 e. The minimum atomic E-state index is -3.31. The van der Waals surface area contributed by atoms with Gasteiger partial charge in [-0.05, 0) is 63.1 Å². The summed E-state index contributed by atoms with van der Waals surface area (Å²) in [6.45, 7) is 7.45. The van der Waals surface area contributed by atoms with Crippen molar-refractivity contribution in [1.29, 1.82) is 0 Å². The van der Waals surface area contributed by atoms with Crippen molar-refractivity contribution < 1.29 is 8.42 Å². The highest BCUT2D eigenvalue weighted by atomic mass is 32.2. The maximum absolute atomic E-state index is 12.3. The first-order chi connectivity index (χ1) is 14.8. The molecule has 0 aliphatic heterocycles. The number of rotatable bonds is 6. The van der Waals surface area contributed by atoms with E-state index in [1.807, 2.05) is 6.07 Å². The first-order valence-corrected chi connectivity index (χ1v) is 12.2. The van der Waals surface area contributed by atoms with Crippen LogP contribution in [0.5, 0.6) is 0 Å². The lowest BCUT2D eigenvalue weighted by molar-refractivity contribution is 0.587. The standard InChI is InChI=1S/C22H23N5O2S2/c1-13(2)31(28,29)17-10-8-16(9-11-17)25-20-19-21(24-12-23-20)30-22(27-19)26-18-14(3)6-5-7-15(18)4/h5-13H,1-4H3,(H,26,27)(H,23,24,25). The molecule has 2 aromatic heterocycles. The van der Waals surface area contributed by atoms with Gasteiger partial charge in [-0.3, -0.25) is 0 Å². The second kappa shape index (κ2) is 8.24. The third-order valence-corrected chi connectivity index (χ3v) is 8.02. The Morgan fingerprint density at radius 2 is 1.61 bits per heavy atom. The van der Waals surface area contributed by atoms with Crippen LogP contribution in [0.1, 0.15) is 25.0 Å². The topological polar surface area (TPSA) is 96.9 Å². The molecule has 0 spiro atoms. The van der Waals surface area contributed by atoms with Crippen molar-refractivity contribution in [2.24, 2.45) is 0 Å². The molecule has 0 radical (unpaired) electrons. The van der Waals surface area contributed by atoms with Crippen LogP contribution < -0.4 is 10.6 Å². The number of aryl methyl sites for hydroxylation is 2. The quantitative estimate of drug-likeness (QED) is 0.405. The summed E-state index contributed by atoms with van der Waals surface area (Å²) in [5, 5.41) is 6.89. The Balaban J connectivity index is 1.62. The lowest BCUT2D eigenvalue weighted by Crippen LogP contribution is -2.13. The second-order valence-corrected chi connectivity index (χ2v) is 11.0. The fourth-order valence-electron chi connectivity index (χ4n) is 3.15. The Hall–Kier alpha value is -3.04. The van der Waals surface area contributed by atoms with Crippen LogP contribution in [0, 0.1) is 13.8 Å². The van der Waals surface area contributed by atoms with Crippen LogP contribution in [0.3, 0.4) is 0 Å². The van der Waals surface area contributed by atoms with Gasteiger partial charge in [-0.2, -0.15) is 0 Å². The van der Waals surface area contributed by atoms with Gasteiger partial charge in [0.2, 0.25) is 0 Å². The summed E-state index contributed by atoms with van der Waals surface area (Å²) in [6.07, 6.45) is 1.49. The second-order valence-electron chi connectivity index (χ2n) is 7.53. The van der Waals surface area contributed by atoms with Crippen LogP contribution in [0.4, 0.5) is 22.3 Å². The van der Waals surface area contributed by atoms with Crippen LogP contribution in [0.2, 0.25) is 0 Å². The predicted molar refractivity (Wildman–Crippen MR) is 126 cm³/mol. The van der Waals surface area contributed by atoms with E-state index >= 15 is 0 Å². The van der Waals surface area contributed by atoms with Gasteiger partial charge in [-0.1, -0.05) is 29.5 Å². The van der Waals surface area contributed by atoms with Crippen LogP contribution in [-0.4, -0.2) is 28.6 Å². The van der Waals surface area contributed by atoms with Crippen molar-refractivity contribution in [2.75, 3.05) is 10.6 Å². The average Bonchev–Trinajstić information content (AvgIpc) is 3.15. The molecule has 0 bridgehead atoms. The van der Waals surface area contributed by atoms with E-state index in [2.05, 4.69) is 46.6 Å². The molecule has 4 aromatic rings. The number of nitrogens with one attached hydrogen (secondary N) is 2. The SMILES string of the molecule is Cc1cccc(C)c1Nc1nc2c(Nc3ccc(S(=O)(=O)C(C)C)cc3)ncnc2s1. The molecule has 7 nitrogen and oxygen atoms in total. The summed E-state index contributed by atoms with van der Waals surface area (Å²) in [4.78, 5) is 14.4. The third kappa shape index (κ3) is 4.24. The van der Waals surface area contributed by atoms with Gasteiger partial charge in [0, 0.05) is 11.4 Å². The number of hydrogen-bond donors (Lipinski definition) is 2. The van der Waals surface area contributed by atoms with Crippen molar-refractivity contribution in [3.05, 3.63) is 59.9 Å². The first kappa shape index (κ1) is 21.2. The van der Waals surface area contributed by atoms with Gasteiger partial charge >= 0.3 is 0 Å². The summed E-state index contributed by atoms with van der Waals surface area (Å²) < 4.78 is 24.6. The minimum Gasteiger partial charge on any atom is -0.338 e. The maximum Gasteiger partial charge on any atom is 0.189 e. The van der Waals surface area contributed by atoms with E-state index < -0.39 is 15.1 Å². The lowest BCUT2D eigenvalue weighted by atomic mass is 10.1. The number of para-hydroxylation sites is 1. The normalized spacial score (nSPS) is 11.8. The Bertz CT molecular complexity index is 1330. The Labute approximate surface area is 185 Å². The smallest absolute Gasteiger partial charge is 0.189 e. The highest BCUT2D eigenvalue weighted by molar-refractivity contribution is 7.92. The summed E-state index contributed by atoms with van der Waals surface area (Å²) in [5.41, 5.74) is 4.69. The molecule has 2 aromatic carbocycles. The van der Waals surface area contributed by atoms with Gasteiger partial charge in [-0.25, -0.2) is 23.4 Å². The molecule has 160 valence electrons. The molecule has 4 rings (SSSR count). The number of fused-ring (bicyclic) bond motifs is 1. The fourth-order valence-corrected chi connectivity index (χ4v) is 5.03. The molecule has 0 saturated heterocycles. The highest BCUT2D eigenvalue weighted by Crippen LogP contribution is 2.33. The Morgan fingerprint density at radius 1 is 0.935 bits per heavy atom. The maximum atomic E-state index is 12.3.